The molecule has 0 aliphatic rings. The number of hydrogen-bond acceptors (Lipinski definition) is 2. The smallest absolute Gasteiger partial charge is 0.545 e. The molecule has 0 spiro atoms. The number of benzene rings is 1. The molecule has 1 aromatic carbocycles. The van der Waals surface area contributed by atoms with E-state index in [0.29, 0.717) is 0 Å². The Bertz CT molecular complexity index is 267. The summed E-state index contributed by atoms with van der Waals surface area (Å²) in [4.78, 5) is 10.4. The Morgan fingerprint density at radius 3 is 2.23 bits per heavy atom. The van der Waals surface area contributed by atoms with Crippen LogP contribution in [0.15, 0.2) is 24.3 Å². The van der Waals surface area contributed by atoms with Crippen LogP contribution in [0, 0.1) is 0 Å². The summed E-state index contributed by atoms with van der Waals surface area (Å²) in [6.07, 6.45) is 2.07. The van der Waals surface area contributed by atoms with E-state index in [2.05, 4.69) is 6.92 Å². The van der Waals surface area contributed by atoms with Gasteiger partial charge in [0.15, 0.2) is 0 Å². The van der Waals surface area contributed by atoms with Crippen LogP contribution in [0.1, 0.15) is 29.3 Å². The summed E-state index contributed by atoms with van der Waals surface area (Å²) in [6.45, 7) is 2.09. The number of aromatic carboxylic acids is 1. The molecule has 0 unspecified atom stereocenters. The van der Waals surface area contributed by atoms with E-state index in [0.717, 1.165) is 12.8 Å². The average molecular weight is 186 g/mol. The van der Waals surface area contributed by atoms with Crippen LogP contribution in [0.4, 0.5) is 0 Å². The molecule has 64 valence electrons. The van der Waals surface area contributed by atoms with Crippen LogP contribution in [0.5, 0.6) is 0 Å². The van der Waals surface area contributed by atoms with Gasteiger partial charge in [-0.15, -0.1) is 0 Å². The van der Waals surface area contributed by atoms with Crippen LogP contribution in [0.3, 0.4) is 0 Å². The fraction of sp³-hybridized carbons (Fsp3) is 0.300. The van der Waals surface area contributed by atoms with Gasteiger partial charge in [0, 0.05) is 0 Å². The fourth-order valence-electron chi connectivity index (χ4n) is 1.10. The molecule has 0 aliphatic carbocycles. The summed E-state index contributed by atoms with van der Waals surface area (Å²) in [5.41, 5.74) is 1.41. The van der Waals surface area contributed by atoms with Gasteiger partial charge < -0.3 is 9.90 Å². The van der Waals surface area contributed by atoms with Crippen molar-refractivity contribution >= 4 is 5.97 Å². The number of carboxylic acids is 1. The third-order valence-electron chi connectivity index (χ3n) is 1.73. The first-order valence-electron chi connectivity index (χ1n) is 4.04. The van der Waals surface area contributed by atoms with Crippen LogP contribution in [-0.2, 0) is 6.42 Å². The molecular weight excluding hydrogens is 175 g/mol. The molecule has 13 heavy (non-hydrogen) atoms. The average Bonchev–Trinajstić information content (AvgIpc) is 2.06. The predicted molar refractivity (Wildman–Crippen MR) is 44.8 cm³/mol. The molecule has 1 rings (SSSR count). The van der Waals surface area contributed by atoms with E-state index in [1.807, 2.05) is 12.1 Å². The maximum atomic E-state index is 10.4. The van der Waals surface area contributed by atoms with Gasteiger partial charge >= 0.3 is 29.6 Å². The van der Waals surface area contributed by atoms with Gasteiger partial charge in [-0.3, -0.25) is 0 Å². The Morgan fingerprint density at radius 1 is 1.31 bits per heavy atom. The first-order valence-corrected chi connectivity index (χ1v) is 4.04. The standard InChI is InChI=1S/C10H12O2.Na/c1-2-3-8-4-6-9(7-5-8)10(11)12;/h4-7H,2-3H2,1H3,(H,11,12);/q;+1/p-1. The van der Waals surface area contributed by atoms with E-state index in [4.69, 9.17) is 0 Å². The van der Waals surface area contributed by atoms with Crippen molar-refractivity contribution in [1.82, 2.24) is 0 Å². The van der Waals surface area contributed by atoms with Crippen LogP contribution in [-0.4, -0.2) is 5.97 Å². The van der Waals surface area contributed by atoms with Crippen LogP contribution >= 0.6 is 0 Å². The van der Waals surface area contributed by atoms with Crippen molar-refractivity contribution in [3.8, 4) is 0 Å². The van der Waals surface area contributed by atoms with E-state index >= 15 is 0 Å². The molecule has 0 N–H and O–H groups in total. The number of carbonyl (C=O) groups excluding carboxylic acids is 1. The van der Waals surface area contributed by atoms with Crippen molar-refractivity contribution in [3.63, 3.8) is 0 Å². The molecule has 0 fully saturated rings. The van der Waals surface area contributed by atoms with Gasteiger partial charge in [0.2, 0.25) is 0 Å². The van der Waals surface area contributed by atoms with Crippen LogP contribution in [0.25, 0.3) is 0 Å². The Morgan fingerprint density at radius 2 is 1.85 bits per heavy atom. The summed E-state index contributed by atoms with van der Waals surface area (Å²) < 4.78 is 0. The zero-order valence-corrected chi connectivity index (χ0v) is 10.0. The first kappa shape index (κ1) is 12.7. The van der Waals surface area contributed by atoms with Crippen molar-refractivity contribution in [3.05, 3.63) is 35.4 Å². The molecule has 1 aromatic rings. The number of hydrogen-bond donors (Lipinski definition) is 0. The van der Waals surface area contributed by atoms with Gasteiger partial charge in [0.05, 0.1) is 5.97 Å². The second kappa shape index (κ2) is 6.19. The minimum Gasteiger partial charge on any atom is -0.545 e. The quantitative estimate of drug-likeness (QED) is 0.513. The zero-order valence-electron chi connectivity index (χ0n) is 8.04. The summed E-state index contributed by atoms with van der Waals surface area (Å²) in [5, 5.41) is 10.4. The second-order valence-corrected chi connectivity index (χ2v) is 2.73. The molecule has 0 aliphatic heterocycles. The van der Waals surface area contributed by atoms with Gasteiger partial charge in [-0.1, -0.05) is 37.6 Å². The van der Waals surface area contributed by atoms with Crippen LogP contribution < -0.4 is 34.7 Å². The largest absolute Gasteiger partial charge is 1.00 e. The summed E-state index contributed by atoms with van der Waals surface area (Å²) in [7, 11) is 0. The van der Waals surface area contributed by atoms with Gasteiger partial charge in [0.25, 0.3) is 0 Å². The Balaban J connectivity index is 0.00000144. The molecule has 0 heterocycles. The maximum Gasteiger partial charge on any atom is 1.00 e. The minimum absolute atomic E-state index is 0. The SMILES string of the molecule is CCCc1ccc(C(=O)[O-])cc1.[Na+]. The first-order chi connectivity index (χ1) is 5.74. The summed E-state index contributed by atoms with van der Waals surface area (Å²) in [5.74, 6) is -1.11. The van der Waals surface area contributed by atoms with Crippen molar-refractivity contribution in [2.24, 2.45) is 0 Å². The summed E-state index contributed by atoms with van der Waals surface area (Å²) in [6, 6.07) is 6.82. The van der Waals surface area contributed by atoms with Crippen LogP contribution in [0.2, 0.25) is 0 Å². The van der Waals surface area contributed by atoms with Gasteiger partial charge in [-0.05, 0) is 17.5 Å². The second-order valence-electron chi connectivity index (χ2n) is 2.73. The molecule has 0 bridgehead atoms. The molecule has 0 radical (unpaired) electrons. The molecule has 0 atom stereocenters. The normalized spacial score (nSPS) is 9.00. The molecule has 0 aromatic heterocycles. The third-order valence-corrected chi connectivity index (χ3v) is 1.73. The maximum absolute atomic E-state index is 10.4. The van der Waals surface area contributed by atoms with Crippen molar-refractivity contribution < 1.29 is 39.5 Å². The third kappa shape index (κ3) is 3.94. The van der Waals surface area contributed by atoms with E-state index < -0.39 is 5.97 Å². The van der Waals surface area contributed by atoms with Gasteiger partial charge in [-0.2, -0.15) is 0 Å². The Kier molecular flexibility index (Phi) is 6.04. The molecule has 2 nitrogen and oxygen atoms in total. The minimum atomic E-state index is -1.11. The molecular formula is C10H11NaO2. The van der Waals surface area contributed by atoms with E-state index in [9.17, 15) is 9.90 Å². The van der Waals surface area contributed by atoms with E-state index in [1.54, 1.807) is 12.1 Å². The molecule has 0 saturated heterocycles. The monoisotopic (exact) mass is 186 g/mol. The van der Waals surface area contributed by atoms with Gasteiger partial charge in [0.1, 0.15) is 0 Å². The molecule has 0 saturated carbocycles. The van der Waals surface area contributed by atoms with E-state index in [1.165, 1.54) is 5.56 Å². The molecule has 3 heteroatoms. The van der Waals surface area contributed by atoms with Gasteiger partial charge in [-0.25, -0.2) is 0 Å². The summed E-state index contributed by atoms with van der Waals surface area (Å²) >= 11 is 0. The number of aryl methyl sites for hydroxylation is 1. The Hall–Kier alpha value is -0.310. The van der Waals surface area contributed by atoms with Crippen molar-refractivity contribution in [2.75, 3.05) is 0 Å². The predicted octanol–water partition coefficient (Wildman–Crippen LogP) is -1.99. The van der Waals surface area contributed by atoms with E-state index in [-0.39, 0.29) is 35.1 Å². The number of carboxylic acid groups (broad SMARTS) is 1. The Labute approximate surface area is 100 Å². The van der Waals surface area contributed by atoms with Crippen molar-refractivity contribution in [2.45, 2.75) is 19.8 Å². The van der Waals surface area contributed by atoms with Crippen molar-refractivity contribution in [1.29, 1.82) is 0 Å². The molecule has 0 amide bonds. The number of rotatable bonds is 3. The topological polar surface area (TPSA) is 40.1 Å². The fourth-order valence-corrected chi connectivity index (χ4v) is 1.10. The zero-order chi connectivity index (χ0) is 8.97. The number of carbonyl (C=O) groups is 1.